The van der Waals surface area contributed by atoms with Crippen LogP contribution in [-0.4, -0.2) is 48.0 Å². The van der Waals surface area contributed by atoms with E-state index >= 15 is 0 Å². The molecule has 7 heteroatoms. The molecule has 2 amide bonds. The van der Waals surface area contributed by atoms with Gasteiger partial charge in [0.15, 0.2) is 0 Å². The molecule has 3 aromatic rings. The lowest BCUT2D eigenvalue weighted by Gasteiger charge is -2.26. The van der Waals surface area contributed by atoms with Gasteiger partial charge in [0, 0.05) is 40.6 Å². The van der Waals surface area contributed by atoms with Crippen molar-refractivity contribution >= 4 is 40.8 Å². The largest absolute Gasteiger partial charge is 0.378 e. The van der Waals surface area contributed by atoms with E-state index in [2.05, 4.69) is 10.3 Å². The zero-order valence-electron chi connectivity index (χ0n) is 17.6. The van der Waals surface area contributed by atoms with Crippen LogP contribution < -0.4 is 5.32 Å². The lowest BCUT2D eigenvalue weighted by Crippen LogP contribution is -2.40. The Morgan fingerprint density at radius 3 is 2.62 bits per heavy atom. The molecular formula is C25H22ClN3O3. The van der Waals surface area contributed by atoms with Gasteiger partial charge in [0.05, 0.1) is 30.0 Å². The number of aromatic nitrogens is 1. The highest BCUT2D eigenvalue weighted by atomic mass is 35.5. The van der Waals surface area contributed by atoms with E-state index in [1.54, 1.807) is 11.0 Å². The molecule has 3 heterocycles. The Morgan fingerprint density at radius 2 is 1.84 bits per heavy atom. The molecule has 2 aliphatic rings. The van der Waals surface area contributed by atoms with Crippen LogP contribution in [0.2, 0.25) is 5.02 Å². The molecular weight excluding hydrogens is 426 g/mol. The molecule has 0 radical (unpaired) electrons. The molecule has 0 atom stereocenters. The molecule has 32 heavy (non-hydrogen) atoms. The summed E-state index contributed by atoms with van der Waals surface area (Å²) in [4.78, 5) is 31.2. The molecule has 1 saturated heterocycles. The van der Waals surface area contributed by atoms with E-state index in [4.69, 9.17) is 16.3 Å². The number of anilines is 1. The Balaban J connectivity index is 1.61. The molecule has 0 spiro atoms. The Labute approximate surface area is 190 Å². The molecule has 1 aromatic heterocycles. The Bertz CT molecular complexity index is 1260. The number of hydrogen-bond donors (Lipinski definition) is 2. The number of H-pyrrole nitrogens is 1. The number of ether oxygens (including phenoxy) is 1. The fourth-order valence-electron chi connectivity index (χ4n) is 4.27. The van der Waals surface area contributed by atoms with Gasteiger partial charge >= 0.3 is 0 Å². The number of carbonyl (C=O) groups excluding carboxylic acids is 2. The number of hydrogen-bond acceptors (Lipinski definition) is 3. The van der Waals surface area contributed by atoms with Crippen LogP contribution in [-0.2, 0) is 9.53 Å². The second-order valence-corrected chi connectivity index (χ2v) is 8.31. The maximum atomic E-state index is 13.2. The number of rotatable bonds is 3. The first-order chi connectivity index (χ1) is 15.5. The number of nitrogens with zero attached hydrogens (tertiary/aromatic N) is 1. The van der Waals surface area contributed by atoms with Crippen LogP contribution in [0.15, 0.2) is 48.5 Å². The summed E-state index contributed by atoms with van der Waals surface area (Å²) in [6.07, 6.45) is 1.77. The van der Waals surface area contributed by atoms with Crippen LogP contribution in [0.25, 0.3) is 22.8 Å². The Hall–Kier alpha value is -3.35. The highest BCUT2D eigenvalue weighted by Crippen LogP contribution is 2.42. The summed E-state index contributed by atoms with van der Waals surface area (Å²) in [5.41, 5.74) is 5.73. The Morgan fingerprint density at radius 1 is 1.09 bits per heavy atom. The lowest BCUT2D eigenvalue weighted by molar-refractivity contribution is -0.110. The predicted molar refractivity (Wildman–Crippen MR) is 126 cm³/mol. The molecule has 6 nitrogen and oxygen atoms in total. The van der Waals surface area contributed by atoms with Gasteiger partial charge in [0.25, 0.3) is 11.8 Å². The molecule has 2 aliphatic heterocycles. The van der Waals surface area contributed by atoms with Crippen molar-refractivity contribution in [2.45, 2.75) is 6.92 Å². The SMILES string of the molecule is Cc1cc(C(=O)N2CCOCC2)c(/C=C2\C(=O)Nc3cccc(-c4ccccc4Cl)c32)[nH]1. The van der Waals surface area contributed by atoms with Crippen LogP contribution in [0, 0.1) is 6.92 Å². The second kappa shape index (κ2) is 8.30. The molecule has 0 unspecified atom stereocenters. The van der Waals surface area contributed by atoms with Crippen LogP contribution >= 0.6 is 11.6 Å². The summed E-state index contributed by atoms with van der Waals surface area (Å²) in [6.45, 7) is 4.07. The zero-order valence-corrected chi connectivity index (χ0v) is 18.3. The molecule has 2 aromatic carbocycles. The second-order valence-electron chi connectivity index (χ2n) is 7.90. The average Bonchev–Trinajstić information content (AvgIpc) is 3.33. The van der Waals surface area contributed by atoms with Crippen LogP contribution in [0.5, 0.6) is 0 Å². The standard InChI is InChI=1S/C25H22ClN3O3/c1-15-13-18(25(31)29-9-11-32-12-10-29)22(27-15)14-19-23-17(16-5-2-3-7-20(16)26)6-4-8-21(23)28-24(19)30/h2-8,13-14,27H,9-12H2,1H3,(H,28,30)/b19-14-. The quantitative estimate of drug-likeness (QED) is 0.576. The lowest BCUT2D eigenvalue weighted by atomic mass is 9.94. The summed E-state index contributed by atoms with van der Waals surface area (Å²) >= 11 is 6.47. The van der Waals surface area contributed by atoms with E-state index in [1.807, 2.05) is 55.5 Å². The van der Waals surface area contributed by atoms with E-state index in [0.717, 1.165) is 28.1 Å². The molecule has 0 bridgehead atoms. The average molecular weight is 448 g/mol. The number of benzene rings is 2. The first-order valence-electron chi connectivity index (χ1n) is 10.5. The monoisotopic (exact) mass is 447 g/mol. The van der Waals surface area contributed by atoms with Gasteiger partial charge in [-0.25, -0.2) is 0 Å². The maximum Gasteiger partial charge on any atom is 0.256 e. The van der Waals surface area contributed by atoms with E-state index < -0.39 is 0 Å². The van der Waals surface area contributed by atoms with E-state index in [0.29, 0.717) is 48.2 Å². The summed E-state index contributed by atoms with van der Waals surface area (Å²) in [6, 6.07) is 15.1. The predicted octanol–water partition coefficient (Wildman–Crippen LogP) is 4.61. The van der Waals surface area contributed by atoms with Crippen molar-refractivity contribution in [3.8, 4) is 11.1 Å². The van der Waals surface area contributed by atoms with E-state index in [9.17, 15) is 9.59 Å². The molecule has 1 fully saturated rings. The minimum Gasteiger partial charge on any atom is -0.378 e. The van der Waals surface area contributed by atoms with Gasteiger partial charge in [-0.3, -0.25) is 9.59 Å². The summed E-state index contributed by atoms with van der Waals surface area (Å²) in [5.74, 6) is -0.279. The number of halogens is 1. The number of aromatic amines is 1. The summed E-state index contributed by atoms with van der Waals surface area (Å²) in [5, 5.41) is 3.55. The fourth-order valence-corrected chi connectivity index (χ4v) is 4.51. The minimum atomic E-state index is -0.212. The van der Waals surface area contributed by atoms with E-state index in [1.165, 1.54) is 0 Å². The van der Waals surface area contributed by atoms with Gasteiger partial charge < -0.3 is 19.9 Å². The van der Waals surface area contributed by atoms with Crippen molar-refractivity contribution in [1.82, 2.24) is 9.88 Å². The third kappa shape index (κ3) is 3.61. The van der Waals surface area contributed by atoms with Gasteiger partial charge in [-0.15, -0.1) is 0 Å². The third-order valence-electron chi connectivity index (χ3n) is 5.79. The van der Waals surface area contributed by atoms with Crippen LogP contribution in [0.1, 0.15) is 27.3 Å². The first-order valence-corrected chi connectivity index (χ1v) is 10.9. The zero-order chi connectivity index (χ0) is 22.2. The van der Waals surface area contributed by atoms with Crippen molar-refractivity contribution < 1.29 is 14.3 Å². The van der Waals surface area contributed by atoms with Gasteiger partial charge in [0.1, 0.15) is 0 Å². The maximum absolute atomic E-state index is 13.2. The van der Waals surface area contributed by atoms with Crippen molar-refractivity contribution in [2.24, 2.45) is 0 Å². The van der Waals surface area contributed by atoms with Crippen molar-refractivity contribution in [3.05, 3.63) is 76.1 Å². The smallest absolute Gasteiger partial charge is 0.256 e. The van der Waals surface area contributed by atoms with Gasteiger partial charge in [-0.05, 0) is 36.8 Å². The number of carbonyl (C=O) groups is 2. The number of aryl methyl sites for hydroxylation is 1. The molecule has 162 valence electrons. The number of morpholine rings is 1. The molecule has 0 aliphatic carbocycles. The van der Waals surface area contributed by atoms with Crippen molar-refractivity contribution in [1.29, 1.82) is 0 Å². The fraction of sp³-hybridized carbons (Fsp3) is 0.200. The number of fused-ring (bicyclic) bond motifs is 1. The van der Waals surface area contributed by atoms with Crippen LogP contribution in [0.3, 0.4) is 0 Å². The normalized spacial score (nSPS) is 16.9. The molecule has 5 rings (SSSR count). The van der Waals surface area contributed by atoms with Gasteiger partial charge in [-0.2, -0.15) is 0 Å². The number of nitrogens with one attached hydrogen (secondary N) is 2. The van der Waals surface area contributed by atoms with Crippen molar-refractivity contribution in [3.63, 3.8) is 0 Å². The highest BCUT2D eigenvalue weighted by Gasteiger charge is 2.29. The van der Waals surface area contributed by atoms with Crippen molar-refractivity contribution in [2.75, 3.05) is 31.6 Å². The third-order valence-corrected chi connectivity index (χ3v) is 6.12. The number of amides is 2. The Kier molecular flexibility index (Phi) is 5.33. The van der Waals surface area contributed by atoms with Crippen LogP contribution in [0.4, 0.5) is 5.69 Å². The van der Waals surface area contributed by atoms with Gasteiger partial charge in [-0.1, -0.05) is 41.9 Å². The summed E-state index contributed by atoms with van der Waals surface area (Å²) in [7, 11) is 0. The summed E-state index contributed by atoms with van der Waals surface area (Å²) < 4.78 is 5.37. The molecule has 0 saturated carbocycles. The topological polar surface area (TPSA) is 74.4 Å². The molecule has 2 N–H and O–H groups in total. The minimum absolute atomic E-state index is 0.0671. The van der Waals surface area contributed by atoms with Gasteiger partial charge in [0.2, 0.25) is 0 Å². The first kappa shape index (κ1) is 20.5. The highest BCUT2D eigenvalue weighted by molar-refractivity contribution is 6.38. The van der Waals surface area contributed by atoms with E-state index in [-0.39, 0.29) is 11.8 Å².